The SMILES string of the molecule is Cc1ncc(-c2ccc3cnc(NC(=O)N4[C@@H]5CC[C@H]4C[C@H](NCCF)C5)cc3n2)o1. The normalized spacial score (nSPS) is 22.8. The van der Waals surface area contributed by atoms with Gasteiger partial charge in [0, 0.05) is 49.2 Å². The van der Waals surface area contributed by atoms with Gasteiger partial charge in [-0.2, -0.15) is 0 Å². The third-order valence-corrected chi connectivity index (χ3v) is 6.18. The second-order valence-corrected chi connectivity index (χ2v) is 8.24. The Bertz CT molecular complexity index is 1090. The fourth-order valence-corrected chi connectivity index (χ4v) is 4.81. The van der Waals surface area contributed by atoms with Crippen LogP contribution in [0, 0.1) is 6.92 Å². The first-order valence-electron chi connectivity index (χ1n) is 10.7. The van der Waals surface area contributed by atoms with E-state index in [1.807, 2.05) is 17.0 Å². The van der Waals surface area contributed by atoms with Gasteiger partial charge < -0.3 is 14.6 Å². The molecule has 0 aromatic carbocycles. The molecule has 0 spiro atoms. The van der Waals surface area contributed by atoms with Gasteiger partial charge in [-0.1, -0.05) is 0 Å². The van der Waals surface area contributed by atoms with Crippen molar-refractivity contribution in [2.75, 3.05) is 18.5 Å². The minimum absolute atomic E-state index is 0.134. The average Bonchev–Trinajstić information content (AvgIpc) is 3.32. The monoisotopic (exact) mass is 424 g/mol. The Balaban J connectivity index is 1.31. The predicted octanol–water partition coefficient (Wildman–Crippen LogP) is 3.68. The van der Waals surface area contributed by atoms with Gasteiger partial charge in [0.25, 0.3) is 0 Å². The molecule has 31 heavy (non-hydrogen) atoms. The number of amides is 2. The Labute approximate surface area is 179 Å². The van der Waals surface area contributed by atoms with Gasteiger partial charge in [0.15, 0.2) is 11.7 Å². The molecule has 5 heterocycles. The number of carbonyl (C=O) groups is 1. The summed E-state index contributed by atoms with van der Waals surface area (Å²) in [6, 6.07) is 6.05. The molecular formula is C22H25FN6O2. The van der Waals surface area contributed by atoms with E-state index in [0.717, 1.165) is 31.1 Å². The molecule has 0 unspecified atom stereocenters. The van der Waals surface area contributed by atoms with Crippen molar-refractivity contribution in [3.8, 4) is 11.5 Å². The number of carbonyl (C=O) groups excluding carboxylic acids is 1. The molecule has 8 nitrogen and oxygen atoms in total. The number of nitrogens with zero attached hydrogens (tertiary/aromatic N) is 4. The second-order valence-electron chi connectivity index (χ2n) is 8.24. The number of hydrogen-bond donors (Lipinski definition) is 2. The number of oxazole rings is 1. The summed E-state index contributed by atoms with van der Waals surface area (Å²) in [4.78, 5) is 28.1. The summed E-state index contributed by atoms with van der Waals surface area (Å²) in [7, 11) is 0. The summed E-state index contributed by atoms with van der Waals surface area (Å²) in [5, 5.41) is 7.07. The molecule has 2 amide bonds. The smallest absolute Gasteiger partial charge is 0.323 e. The number of rotatable bonds is 5. The van der Waals surface area contributed by atoms with Crippen molar-refractivity contribution in [3.05, 3.63) is 36.5 Å². The van der Waals surface area contributed by atoms with Crippen LogP contribution in [0.4, 0.5) is 15.0 Å². The fourth-order valence-electron chi connectivity index (χ4n) is 4.81. The number of nitrogens with one attached hydrogen (secondary N) is 2. The second kappa shape index (κ2) is 8.22. The Morgan fingerprint density at radius 3 is 2.74 bits per heavy atom. The number of urea groups is 1. The number of pyridine rings is 2. The van der Waals surface area contributed by atoms with Crippen molar-refractivity contribution < 1.29 is 13.6 Å². The van der Waals surface area contributed by atoms with Crippen LogP contribution in [-0.4, -0.2) is 57.2 Å². The van der Waals surface area contributed by atoms with E-state index in [1.54, 1.807) is 25.4 Å². The average molecular weight is 424 g/mol. The number of halogens is 1. The predicted molar refractivity (Wildman–Crippen MR) is 114 cm³/mol. The van der Waals surface area contributed by atoms with Crippen molar-refractivity contribution in [1.29, 1.82) is 0 Å². The number of aryl methyl sites for hydroxylation is 1. The number of alkyl halides is 1. The van der Waals surface area contributed by atoms with E-state index in [9.17, 15) is 9.18 Å². The van der Waals surface area contributed by atoms with E-state index < -0.39 is 0 Å². The van der Waals surface area contributed by atoms with E-state index in [4.69, 9.17) is 4.42 Å². The lowest BCUT2D eigenvalue weighted by atomic mass is 9.97. The number of anilines is 1. The number of hydrogen-bond acceptors (Lipinski definition) is 6. The highest BCUT2D eigenvalue weighted by Gasteiger charge is 2.43. The zero-order valence-electron chi connectivity index (χ0n) is 17.3. The summed E-state index contributed by atoms with van der Waals surface area (Å²) in [6.45, 7) is 1.80. The molecule has 2 aliphatic rings. The van der Waals surface area contributed by atoms with Crippen LogP contribution < -0.4 is 10.6 Å². The van der Waals surface area contributed by atoms with Gasteiger partial charge in [-0.3, -0.25) is 5.32 Å². The highest BCUT2D eigenvalue weighted by atomic mass is 19.1. The Kier molecular flexibility index (Phi) is 5.27. The first-order valence-corrected chi connectivity index (χ1v) is 10.7. The van der Waals surface area contributed by atoms with Crippen molar-refractivity contribution in [3.63, 3.8) is 0 Å². The van der Waals surface area contributed by atoms with Gasteiger partial charge in [0.2, 0.25) is 0 Å². The summed E-state index contributed by atoms with van der Waals surface area (Å²) in [5.74, 6) is 1.65. The first-order chi connectivity index (χ1) is 15.1. The maximum atomic E-state index is 13.0. The first kappa shape index (κ1) is 19.9. The molecule has 0 saturated carbocycles. The zero-order valence-corrected chi connectivity index (χ0v) is 17.3. The Morgan fingerprint density at radius 2 is 2.03 bits per heavy atom. The molecule has 3 aromatic heterocycles. The van der Waals surface area contributed by atoms with Crippen LogP contribution in [0.3, 0.4) is 0 Å². The van der Waals surface area contributed by atoms with Crippen LogP contribution in [0.2, 0.25) is 0 Å². The van der Waals surface area contributed by atoms with Gasteiger partial charge in [-0.25, -0.2) is 24.1 Å². The molecule has 162 valence electrons. The lowest BCUT2D eigenvalue weighted by Crippen LogP contribution is -2.53. The molecule has 2 fully saturated rings. The van der Waals surface area contributed by atoms with Crippen molar-refractivity contribution in [1.82, 2.24) is 25.2 Å². The van der Waals surface area contributed by atoms with Crippen LogP contribution in [0.5, 0.6) is 0 Å². The zero-order chi connectivity index (χ0) is 21.4. The molecule has 2 saturated heterocycles. The van der Waals surface area contributed by atoms with Crippen molar-refractivity contribution in [2.45, 2.75) is 50.7 Å². The number of fused-ring (bicyclic) bond motifs is 3. The van der Waals surface area contributed by atoms with Gasteiger partial charge in [-0.15, -0.1) is 0 Å². The summed E-state index contributed by atoms with van der Waals surface area (Å²) in [5.41, 5.74) is 1.39. The number of aromatic nitrogens is 3. The van der Waals surface area contributed by atoms with Crippen LogP contribution in [-0.2, 0) is 0 Å². The summed E-state index contributed by atoms with van der Waals surface area (Å²) < 4.78 is 18.0. The molecular weight excluding hydrogens is 399 g/mol. The largest absolute Gasteiger partial charge is 0.439 e. The van der Waals surface area contributed by atoms with Gasteiger partial charge in [0.1, 0.15) is 18.2 Å². The quantitative estimate of drug-likeness (QED) is 0.649. The molecule has 2 aliphatic heterocycles. The molecule has 0 aliphatic carbocycles. The van der Waals surface area contributed by atoms with Crippen molar-refractivity contribution in [2.24, 2.45) is 0 Å². The highest BCUT2D eigenvalue weighted by molar-refractivity contribution is 5.91. The molecule has 3 atom stereocenters. The summed E-state index contributed by atoms with van der Waals surface area (Å²) >= 11 is 0. The van der Waals surface area contributed by atoms with Crippen LogP contribution in [0.25, 0.3) is 22.4 Å². The maximum Gasteiger partial charge on any atom is 0.323 e. The third-order valence-electron chi connectivity index (χ3n) is 6.18. The lowest BCUT2D eigenvalue weighted by molar-refractivity contribution is 0.141. The standard InChI is InChI=1S/C22H25FN6O2/c1-13-25-12-20(31-13)18-5-2-14-11-26-21(10-19(14)27-18)28-22(30)29-16-3-4-17(29)9-15(8-16)24-7-6-23/h2,5,10-12,15-17,24H,3-4,6-9H2,1H3,(H,26,28,30)/t15-,16-,17+. The van der Waals surface area contributed by atoms with Crippen molar-refractivity contribution >= 4 is 22.8 Å². The molecule has 5 rings (SSSR count). The fraction of sp³-hybridized carbons (Fsp3) is 0.455. The highest BCUT2D eigenvalue weighted by Crippen LogP contribution is 2.36. The molecule has 2 N–H and O–H groups in total. The third kappa shape index (κ3) is 3.97. The van der Waals surface area contributed by atoms with Gasteiger partial charge in [0.05, 0.1) is 11.7 Å². The van der Waals surface area contributed by atoms with Crippen LogP contribution >= 0.6 is 0 Å². The van der Waals surface area contributed by atoms with E-state index in [2.05, 4.69) is 25.6 Å². The minimum Gasteiger partial charge on any atom is -0.439 e. The molecule has 0 radical (unpaired) electrons. The van der Waals surface area contributed by atoms with E-state index >= 15 is 0 Å². The maximum absolute atomic E-state index is 13.0. The molecule has 9 heteroatoms. The van der Waals surface area contributed by atoms with Gasteiger partial charge in [-0.05, 0) is 37.8 Å². The molecule has 2 bridgehead atoms. The Morgan fingerprint density at radius 1 is 1.23 bits per heavy atom. The van der Waals surface area contributed by atoms with Gasteiger partial charge >= 0.3 is 6.03 Å². The summed E-state index contributed by atoms with van der Waals surface area (Å²) in [6.07, 6.45) is 7.04. The van der Waals surface area contributed by atoms with E-state index in [-0.39, 0.29) is 30.8 Å². The van der Waals surface area contributed by atoms with Crippen LogP contribution in [0.15, 0.2) is 35.0 Å². The van der Waals surface area contributed by atoms with Crippen LogP contribution in [0.1, 0.15) is 31.6 Å². The van der Waals surface area contributed by atoms with E-state index in [0.29, 0.717) is 35.2 Å². The van der Waals surface area contributed by atoms with E-state index in [1.165, 1.54) is 0 Å². The topological polar surface area (TPSA) is 96.2 Å². The minimum atomic E-state index is -0.366. The lowest BCUT2D eigenvalue weighted by Gasteiger charge is -2.39. The number of piperidine rings is 1. The Hall–Kier alpha value is -3.07. The molecule has 3 aromatic rings.